The molecule has 228 valence electrons. The van der Waals surface area contributed by atoms with Gasteiger partial charge in [0.1, 0.15) is 18.1 Å². The molecular weight excluding hydrogens is 544 g/mol. The van der Waals surface area contributed by atoms with Crippen LogP contribution >= 0.6 is 0 Å². The first-order valence-corrected chi connectivity index (χ1v) is 14.9. The van der Waals surface area contributed by atoms with Crippen LogP contribution < -0.4 is 10.6 Å². The fourth-order valence-electron chi connectivity index (χ4n) is 4.92. The second-order valence-electron chi connectivity index (χ2n) is 10.5. The molecule has 9 heteroatoms. The first kappa shape index (κ1) is 33.1. The Bertz CT molecular complexity index is 1330. The third-order valence-electron chi connectivity index (χ3n) is 7.19. The Kier molecular flexibility index (Phi) is 13.5. The van der Waals surface area contributed by atoms with Gasteiger partial charge in [-0.15, -0.1) is 0 Å². The summed E-state index contributed by atoms with van der Waals surface area (Å²) < 4.78 is 0. The highest BCUT2D eigenvalue weighted by atomic mass is 16.7. The molecule has 0 radical (unpaired) electrons. The Balaban J connectivity index is 1.62. The highest BCUT2D eigenvalue weighted by Crippen LogP contribution is 2.23. The topological polar surface area (TPSA) is 118 Å². The van der Waals surface area contributed by atoms with Crippen LogP contribution in [0.5, 0.6) is 0 Å². The summed E-state index contributed by atoms with van der Waals surface area (Å²) in [6.45, 7) is 5.69. The van der Waals surface area contributed by atoms with Crippen LogP contribution in [0.3, 0.4) is 0 Å². The number of hydroxylamine groups is 2. The van der Waals surface area contributed by atoms with E-state index in [1.807, 2.05) is 67.6 Å². The Hall–Kier alpha value is -4.37. The maximum absolute atomic E-state index is 13.4. The van der Waals surface area contributed by atoms with Gasteiger partial charge in [-0.25, -0.2) is 10.0 Å². The molecule has 43 heavy (non-hydrogen) atoms. The monoisotopic (exact) mass is 586 g/mol. The summed E-state index contributed by atoms with van der Waals surface area (Å²) in [6, 6.07) is 21.7. The van der Waals surface area contributed by atoms with Crippen molar-refractivity contribution in [1.82, 2.24) is 20.7 Å². The van der Waals surface area contributed by atoms with Gasteiger partial charge in [0.25, 0.3) is 5.91 Å². The third kappa shape index (κ3) is 10.4. The number of aromatic nitrogens is 1. The molecule has 9 nitrogen and oxygen atoms in total. The summed E-state index contributed by atoms with van der Waals surface area (Å²) in [5.74, 6) is -1.11. The number of carbonyl (C=O) groups is 4. The lowest BCUT2D eigenvalue weighted by atomic mass is 9.90. The van der Waals surface area contributed by atoms with Crippen LogP contribution in [0.2, 0.25) is 0 Å². The smallest absolute Gasteiger partial charge is 0.271 e. The summed E-state index contributed by atoms with van der Waals surface area (Å²) >= 11 is 0. The van der Waals surface area contributed by atoms with Gasteiger partial charge in [0.15, 0.2) is 0 Å². The van der Waals surface area contributed by atoms with Crippen LogP contribution in [0.15, 0.2) is 72.8 Å². The van der Waals surface area contributed by atoms with Crippen molar-refractivity contribution in [2.75, 3.05) is 6.67 Å². The van der Waals surface area contributed by atoms with Gasteiger partial charge in [0.05, 0.1) is 24.3 Å². The molecule has 3 aromatic rings. The van der Waals surface area contributed by atoms with Crippen LogP contribution in [0.25, 0.3) is 11.3 Å². The van der Waals surface area contributed by atoms with Gasteiger partial charge in [-0.05, 0) is 43.0 Å². The normalized spacial score (nSPS) is 12.2. The van der Waals surface area contributed by atoms with Crippen molar-refractivity contribution in [1.29, 1.82) is 0 Å². The number of benzene rings is 2. The lowest BCUT2D eigenvalue weighted by molar-refractivity contribution is -0.200. The number of carbonyl (C=O) groups excluding carboxylic acids is 4. The van der Waals surface area contributed by atoms with Crippen molar-refractivity contribution in [2.24, 2.45) is 5.92 Å². The number of amides is 3. The molecule has 2 aromatic carbocycles. The van der Waals surface area contributed by atoms with Crippen LogP contribution in [-0.2, 0) is 32.2 Å². The number of nitrogens with one attached hydrogen (secondary N) is 2. The van der Waals surface area contributed by atoms with Gasteiger partial charge in [0, 0.05) is 12.0 Å². The van der Waals surface area contributed by atoms with Gasteiger partial charge in [-0.3, -0.25) is 24.0 Å². The quantitative estimate of drug-likeness (QED) is 0.0910. The summed E-state index contributed by atoms with van der Waals surface area (Å²) in [7, 11) is 0. The van der Waals surface area contributed by atoms with E-state index in [2.05, 4.69) is 22.5 Å². The van der Waals surface area contributed by atoms with E-state index in [-0.39, 0.29) is 30.7 Å². The van der Waals surface area contributed by atoms with Crippen molar-refractivity contribution in [2.45, 2.75) is 71.9 Å². The Morgan fingerprint density at radius 2 is 1.65 bits per heavy atom. The molecule has 0 fully saturated rings. The molecule has 3 amide bonds. The molecule has 3 rings (SSSR count). The number of unbranched alkanes of at least 4 members (excludes halogenated alkanes) is 2. The number of hydrogen-bond acceptors (Lipinski definition) is 6. The molecule has 0 aliphatic heterocycles. The van der Waals surface area contributed by atoms with Gasteiger partial charge >= 0.3 is 0 Å². The minimum Gasteiger partial charge on any atom is -0.338 e. The molecule has 0 spiro atoms. The predicted molar refractivity (Wildman–Crippen MR) is 165 cm³/mol. The fourth-order valence-corrected chi connectivity index (χ4v) is 4.92. The Morgan fingerprint density at radius 1 is 0.907 bits per heavy atom. The largest absolute Gasteiger partial charge is 0.338 e. The first-order valence-electron chi connectivity index (χ1n) is 14.9. The number of ketones is 1. The minimum atomic E-state index is -0.512. The second kappa shape index (κ2) is 17.6. The molecule has 0 saturated heterocycles. The van der Waals surface area contributed by atoms with Gasteiger partial charge in [-0.1, -0.05) is 93.8 Å². The van der Waals surface area contributed by atoms with Crippen molar-refractivity contribution < 1.29 is 24.0 Å². The molecular formula is C34H42N4O5. The molecule has 1 aromatic heterocycles. The average Bonchev–Trinajstić information content (AvgIpc) is 3.02. The maximum Gasteiger partial charge on any atom is 0.271 e. The third-order valence-corrected chi connectivity index (χ3v) is 7.19. The summed E-state index contributed by atoms with van der Waals surface area (Å²) in [6.07, 6.45) is 4.90. The molecule has 1 heterocycles. The maximum atomic E-state index is 13.4. The fraction of sp³-hybridized carbons (Fsp3) is 0.382. The van der Waals surface area contributed by atoms with E-state index in [0.717, 1.165) is 36.0 Å². The number of rotatable bonds is 18. The molecule has 0 bridgehead atoms. The zero-order valence-corrected chi connectivity index (χ0v) is 25.3. The molecule has 0 unspecified atom stereocenters. The second-order valence-corrected chi connectivity index (χ2v) is 10.5. The SMILES string of the molecule is CCCCC[C@@H](C(=O)NCNC(=O)c1cccc(-c2ccc(CC(C)=O)cc2)n1)[C@@H](CC)N(C=O)OCc1ccccc1. The Morgan fingerprint density at radius 3 is 2.30 bits per heavy atom. The van der Waals surface area contributed by atoms with Gasteiger partial charge < -0.3 is 10.6 Å². The molecule has 2 atom stereocenters. The van der Waals surface area contributed by atoms with Crippen LogP contribution in [0.4, 0.5) is 0 Å². The zero-order chi connectivity index (χ0) is 31.0. The molecule has 0 saturated carbocycles. The zero-order valence-electron chi connectivity index (χ0n) is 25.3. The van der Waals surface area contributed by atoms with Crippen molar-refractivity contribution in [3.05, 3.63) is 89.6 Å². The predicted octanol–water partition coefficient (Wildman–Crippen LogP) is 5.25. The van der Waals surface area contributed by atoms with E-state index >= 15 is 0 Å². The average molecular weight is 587 g/mol. The summed E-state index contributed by atoms with van der Waals surface area (Å²) in [5, 5.41) is 6.80. The lowest BCUT2D eigenvalue weighted by Crippen LogP contribution is -2.48. The number of Topliss-reactive ketones (excluding diaryl/α,β-unsaturated/α-hetero) is 1. The van der Waals surface area contributed by atoms with Crippen LogP contribution in [-0.4, -0.2) is 46.8 Å². The summed E-state index contributed by atoms with van der Waals surface area (Å²) in [4.78, 5) is 60.0. The summed E-state index contributed by atoms with van der Waals surface area (Å²) in [5.41, 5.74) is 3.49. The van der Waals surface area contributed by atoms with Crippen LogP contribution in [0, 0.1) is 5.92 Å². The standard InChI is InChI=1S/C34H42N4O5/c1-4-6-8-14-29(32(5-2)38(24-39)43-22-27-12-9-7-10-13-27)33(41)35-23-36-34(42)31-16-11-15-30(37-31)28-19-17-26(18-20-28)21-25(3)40/h7,9-13,15-20,24,29,32H,4-6,8,14,21-23H2,1-3H3,(H,35,41)(H,36,42)/t29-,32-/m1/s1. The lowest BCUT2D eigenvalue weighted by Gasteiger charge is -2.32. The van der Waals surface area contributed by atoms with E-state index in [1.54, 1.807) is 19.1 Å². The van der Waals surface area contributed by atoms with Crippen molar-refractivity contribution in [3.63, 3.8) is 0 Å². The van der Waals surface area contributed by atoms with E-state index in [0.29, 0.717) is 31.4 Å². The van der Waals surface area contributed by atoms with Crippen molar-refractivity contribution >= 4 is 24.0 Å². The number of pyridine rings is 1. The minimum absolute atomic E-state index is 0.0873. The van der Waals surface area contributed by atoms with Gasteiger partial charge in [0.2, 0.25) is 12.3 Å². The highest BCUT2D eigenvalue weighted by Gasteiger charge is 2.32. The van der Waals surface area contributed by atoms with E-state index in [4.69, 9.17) is 4.84 Å². The van der Waals surface area contributed by atoms with Gasteiger partial charge in [-0.2, -0.15) is 0 Å². The van der Waals surface area contributed by atoms with E-state index in [9.17, 15) is 19.2 Å². The molecule has 0 aliphatic carbocycles. The van der Waals surface area contributed by atoms with Crippen LogP contribution in [0.1, 0.15) is 74.5 Å². The molecule has 2 N–H and O–H groups in total. The first-order chi connectivity index (χ1) is 20.9. The number of hydrogen-bond donors (Lipinski definition) is 2. The number of nitrogens with zero attached hydrogens (tertiary/aromatic N) is 2. The van der Waals surface area contributed by atoms with E-state index in [1.165, 1.54) is 5.06 Å². The van der Waals surface area contributed by atoms with Crippen molar-refractivity contribution in [3.8, 4) is 11.3 Å². The van der Waals surface area contributed by atoms with E-state index < -0.39 is 17.9 Å². The Labute approximate surface area is 254 Å². The molecule has 0 aliphatic rings. The highest BCUT2D eigenvalue weighted by molar-refractivity contribution is 5.93.